The highest BCUT2D eigenvalue weighted by molar-refractivity contribution is 5.78. The lowest BCUT2D eigenvalue weighted by atomic mass is 10.1. The molecule has 1 saturated heterocycles. The van der Waals surface area contributed by atoms with Gasteiger partial charge < -0.3 is 10.6 Å². The molecule has 0 radical (unpaired) electrons. The number of nitrogens with zero attached hydrogens (tertiary/aromatic N) is 4. The summed E-state index contributed by atoms with van der Waals surface area (Å²) < 4.78 is 0. The van der Waals surface area contributed by atoms with Gasteiger partial charge >= 0.3 is 0 Å². The second-order valence-electron chi connectivity index (χ2n) is 4.81. The summed E-state index contributed by atoms with van der Waals surface area (Å²) >= 11 is 0. The Morgan fingerprint density at radius 3 is 2.84 bits per heavy atom. The van der Waals surface area contributed by atoms with Gasteiger partial charge in [0.25, 0.3) is 0 Å². The van der Waals surface area contributed by atoms with Crippen molar-refractivity contribution in [3.63, 3.8) is 0 Å². The number of carbonyl (C=O) groups is 1. The topological polar surface area (TPSA) is 95.1 Å². The maximum Gasteiger partial charge on any atom is 0.222 e. The zero-order valence-corrected chi connectivity index (χ0v) is 10.7. The molecule has 0 saturated carbocycles. The number of hydrogen-bond acceptors (Lipinski definition) is 3. The van der Waals surface area contributed by atoms with Gasteiger partial charge in [0.2, 0.25) is 5.91 Å². The molecule has 0 bridgehead atoms. The SMILES string of the molecule is [N-]=[N+]=NCC1CC(=O)N(CCc2ccc(N)cc2)C1. The molecule has 1 aliphatic heterocycles. The van der Waals surface area contributed by atoms with Crippen LogP contribution >= 0.6 is 0 Å². The monoisotopic (exact) mass is 259 g/mol. The fraction of sp³-hybridized carbons (Fsp3) is 0.462. The van der Waals surface area contributed by atoms with Crippen LogP contribution in [0.25, 0.3) is 10.4 Å². The van der Waals surface area contributed by atoms with E-state index in [4.69, 9.17) is 11.3 Å². The molecular formula is C13H17N5O. The molecule has 1 fully saturated rings. The molecule has 1 heterocycles. The van der Waals surface area contributed by atoms with Gasteiger partial charge in [0.15, 0.2) is 0 Å². The van der Waals surface area contributed by atoms with E-state index >= 15 is 0 Å². The lowest BCUT2D eigenvalue weighted by molar-refractivity contribution is -0.127. The molecule has 1 aromatic rings. The van der Waals surface area contributed by atoms with Crippen LogP contribution in [0.5, 0.6) is 0 Å². The van der Waals surface area contributed by atoms with Crippen molar-refractivity contribution in [1.29, 1.82) is 0 Å². The van der Waals surface area contributed by atoms with Crippen LogP contribution in [0.4, 0.5) is 5.69 Å². The molecule has 19 heavy (non-hydrogen) atoms. The van der Waals surface area contributed by atoms with Gasteiger partial charge in [-0.05, 0) is 35.6 Å². The highest BCUT2D eigenvalue weighted by Gasteiger charge is 2.28. The molecule has 0 spiro atoms. The van der Waals surface area contributed by atoms with Gasteiger partial charge in [0.05, 0.1) is 0 Å². The van der Waals surface area contributed by atoms with E-state index in [1.54, 1.807) is 0 Å². The van der Waals surface area contributed by atoms with E-state index in [1.165, 1.54) is 5.56 Å². The van der Waals surface area contributed by atoms with Gasteiger partial charge in [0, 0.05) is 36.7 Å². The van der Waals surface area contributed by atoms with Gasteiger partial charge in [-0.1, -0.05) is 17.2 Å². The lowest BCUT2D eigenvalue weighted by Gasteiger charge is -2.16. The van der Waals surface area contributed by atoms with Crippen molar-refractivity contribution in [3.05, 3.63) is 40.3 Å². The van der Waals surface area contributed by atoms with Crippen molar-refractivity contribution in [2.75, 3.05) is 25.4 Å². The number of nitrogen functional groups attached to an aromatic ring is 1. The maximum atomic E-state index is 11.8. The van der Waals surface area contributed by atoms with Gasteiger partial charge in [-0.15, -0.1) is 0 Å². The predicted octanol–water partition coefficient (Wildman–Crippen LogP) is 1.97. The summed E-state index contributed by atoms with van der Waals surface area (Å²) in [4.78, 5) is 16.4. The van der Waals surface area contributed by atoms with Crippen LogP contribution in [0.1, 0.15) is 12.0 Å². The van der Waals surface area contributed by atoms with Crippen molar-refractivity contribution >= 4 is 11.6 Å². The van der Waals surface area contributed by atoms with Gasteiger partial charge in [0.1, 0.15) is 0 Å². The number of amides is 1. The van der Waals surface area contributed by atoms with Gasteiger partial charge in [-0.25, -0.2) is 0 Å². The fourth-order valence-corrected chi connectivity index (χ4v) is 2.29. The summed E-state index contributed by atoms with van der Waals surface area (Å²) in [5.41, 5.74) is 15.8. The van der Waals surface area contributed by atoms with E-state index in [9.17, 15) is 4.79 Å². The molecule has 1 aliphatic rings. The molecule has 2 N–H and O–H groups in total. The van der Waals surface area contributed by atoms with Crippen LogP contribution in [-0.2, 0) is 11.2 Å². The van der Waals surface area contributed by atoms with E-state index in [0.29, 0.717) is 26.1 Å². The second-order valence-corrected chi connectivity index (χ2v) is 4.81. The molecule has 1 amide bonds. The first-order valence-corrected chi connectivity index (χ1v) is 6.32. The van der Waals surface area contributed by atoms with Gasteiger partial charge in [-0.3, -0.25) is 4.79 Å². The summed E-state index contributed by atoms with van der Waals surface area (Å²) in [6, 6.07) is 7.69. The molecule has 1 atom stereocenters. The molecule has 1 aromatic carbocycles. The summed E-state index contributed by atoms with van der Waals surface area (Å²) in [7, 11) is 0. The van der Waals surface area contributed by atoms with Crippen LogP contribution in [0.2, 0.25) is 0 Å². The number of azide groups is 1. The molecular weight excluding hydrogens is 242 g/mol. The first kappa shape index (κ1) is 13.2. The third-order valence-corrected chi connectivity index (χ3v) is 3.35. The average Bonchev–Trinajstić information content (AvgIpc) is 2.76. The van der Waals surface area contributed by atoms with Crippen LogP contribution in [0.3, 0.4) is 0 Å². The van der Waals surface area contributed by atoms with Crippen molar-refractivity contribution in [1.82, 2.24) is 4.90 Å². The molecule has 1 unspecified atom stereocenters. The van der Waals surface area contributed by atoms with E-state index < -0.39 is 0 Å². The zero-order valence-electron chi connectivity index (χ0n) is 10.7. The number of hydrogen-bond donors (Lipinski definition) is 1. The molecule has 6 nitrogen and oxygen atoms in total. The summed E-state index contributed by atoms with van der Waals surface area (Å²) in [5.74, 6) is 0.309. The third kappa shape index (κ3) is 3.63. The van der Waals surface area contributed by atoms with E-state index in [0.717, 1.165) is 12.1 Å². The number of rotatable bonds is 5. The number of nitrogens with two attached hydrogens (primary N) is 1. The maximum absolute atomic E-state index is 11.8. The number of likely N-dealkylation sites (tertiary alicyclic amines) is 1. The minimum absolute atomic E-state index is 0.147. The molecule has 100 valence electrons. The summed E-state index contributed by atoms with van der Waals surface area (Å²) in [6.07, 6.45) is 1.31. The van der Waals surface area contributed by atoms with E-state index in [1.807, 2.05) is 29.2 Å². The first-order valence-electron chi connectivity index (χ1n) is 6.32. The fourth-order valence-electron chi connectivity index (χ4n) is 2.29. The summed E-state index contributed by atoms with van der Waals surface area (Å²) in [5, 5.41) is 3.54. The zero-order chi connectivity index (χ0) is 13.7. The Hall–Kier alpha value is -2.20. The Kier molecular flexibility index (Phi) is 4.26. The number of carbonyl (C=O) groups excluding carboxylic acids is 1. The predicted molar refractivity (Wildman–Crippen MR) is 73.3 cm³/mol. The third-order valence-electron chi connectivity index (χ3n) is 3.35. The standard InChI is InChI=1S/C13H17N5O/c14-12-3-1-10(2-4-12)5-6-18-9-11(7-13(18)19)8-16-17-15/h1-4,11H,5-9,14H2. The Morgan fingerprint density at radius 1 is 1.42 bits per heavy atom. The highest BCUT2D eigenvalue weighted by atomic mass is 16.2. The smallest absolute Gasteiger partial charge is 0.222 e. The minimum Gasteiger partial charge on any atom is -0.399 e. The van der Waals surface area contributed by atoms with Gasteiger partial charge in [-0.2, -0.15) is 0 Å². The molecule has 0 aliphatic carbocycles. The normalized spacial score (nSPS) is 18.4. The van der Waals surface area contributed by atoms with Crippen molar-refractivity contribution in [3.8, 4) is 0 Å². The molecule has 6 heteroatoms. The van der Waals surface area contributed by atoms with Crippen molar-refractivity contribution in [2.24, 2.45) is 11.0 Å². The Bertz CT molecular complexity index is 492. The largest absolute Gasteiger partial charge is 0.399 e. The Morgan fingerprint density at radius 2 is 2.16 bits per heavy atom. The van der Waals surface area contributed by atoms with Crippen molar-refractivity contribution in [2.45, 2.75) is 12.8 Å². The van der Waals surface area contributed by atoms with Crippen LogP contribution in [0.15, 0.2) is 29.4 Å². The minimum atomic E-state index is 0.147. The van der Waals surface area contributed by atoms with Crippen molar-refractivity contribution < 1.29 is 4.79 Å². The quantitative estimate of drug-likeness (QED) is 0.378. The number of anilines is 1. The summed E-state index contributed by atoms with van der Waals surface area (Å²) in [6.45, 7) is 1.79. The average molecular weight is 259 g/mol. The van der Waals surface area contributed by atoms with E-state index in [2.05, 4.69) is 10.0 Å². The van der Waals surface area contributed by atoms with Crippen LogP contribution in [0, 0.1) is 5.92 Å². The first-order chi connectivity index (χ1) is 9.19. The lowest BCUT2D eigenvalue weighted by Crippen LogP contribution is -2.27. The highest BCUT2D eigenvalue weighted by Crippen LogP contribution is 2.18. The Labute approximate surface area is 111 Å². The molecule has 2 rings (SSSR count). The van der Waals surface area contributed by atoms with Crippen LogP contribution < -0.4 is 5.73 Å². The van der Waals surface area contributed by atoms with Crippen LogP contribution in [-0.4, -0.2) is 30.4 Å². The molecule has 0 aromatic heterocycles. The Balaban J connectivity index is 1.84. The number of benzene rings is 1. The van der Waals surface area contributed by atoms with E-state index in [-0.39, 0.29) is 11.8 Å². The second kappa shape index (κ2) is 6.11.